The standard InChI is InChI=1S/C25H41N5O.HI/c1-3-26-25(27-17-10-11-18-29(2)23-14-8-5-9-15-23)28-22-16-19-30(20-22)24(31)21-12-6-4-7-13-21;/h5,8-9,14-15,21-22H,3-4,6-7,10-13,16-20H2,1-2H3,(H2,26,27,28);1H. The fourth-order valence-electron chi connectivity index (χ4n) is 4.66. The minimum absolute atomic E-state index is 0. The van der Waals surface area contributed by atoms with Crippen LogP contribution in [0, 0.1) is 5.92 Å². The third-order valence-corrected chi connectivity index (χ3v) is 6.51. The van der Waals surface area contributed by atoms with Crippen molar-refractivity contribution in [3.63, 3.8) is 0 Å². The van der Waals surface area contributed by atoms with Gasteiger partial charge in [0.05, 0.1) is 0 Å². The van der Waals surface area contributed by atoms with Crippen molar-refractivity contribution in [2.45, 2.75) is 64.3 Å². The van der Waals surface area contributed by atoms with E-state index in [-0.39, 0.29) is 29.9 Å². The molecule has 1 saturated carbocycles. The number of para-hydroxylation sites is 1. The van der Waals surface area contributed by atoms with Gasteiger partial charge in [0.2, 0.25) is 5.91 Å². The summed E-state index contributed by atoms with van der Waals surface area (Å²) in [4.78, 5) is 22.0. The monoisotopic (exact) mass is 555 g/mol. The van der Waals surface area contributed by atoms with Crippen molar-refractivity contribution in [2.24, 2.45) is 10.9 Å². The van der Waals surface area contributed by atoms with Crippen LogP contribution >= 0.6 is 24.0 Å². The molecule has 1 aromatic rings. The first kappa shape index (κ1) is 26.7. The van der Waals surface area contributed by atoms with Crippen LogP contribution in [0.5, 0.6) is 0 Å². The van der Waals surface area contributed by atoms with Crippen LogP contribution in [0.3, 0.4) is 0 Å². The van der Waals surface area contributed by atoms with Crippen LogP contribution < -0.4 is 15.5 Å². The Hall–Kier alpha value is -1.51. The van der Waals surface area contributed by atoms with Crippen molar-refractivity contribution in [3.8, 4) is 0 Å². The zero-order chi connectivity index (χ0) is 21.9. The molecule has 1 aliphatic carbocycles. The maximum absolute atomic E-state index is 12.8. The number of nitrogens with one attached hydrogen (secondary N) is 2. The summed E-state index contributed by atoms with van der Waals surface area (Å²) >= 11 is 0. The molecule has 2 N–H and O–H groups in total. The van der Waals surface area contributed by atoms with Crippen LogP contribution in [0.4, 0.5) is 5.69 Å². The van der Waals surface area contributed by atoms with Gasteiger partial charge in [0.15, 0.2) is 5.96 Å². The minimum atomic E-state index is 0. The molecule has 0 bridgehead atoms. The molecule has 1 unspecified atom stereocenters. The molecule has 7 heteroatoms. The number of rotatable bonds is 9. The first-order valence-electron chi connectivity index (χ1n) is 12.3. The fourth-order valence-corrected chi connectivity index (χ4v) is 4.66. The van der Waals surface area contributed by atoms with E-state index in [1.54, 1.807) is 0 Å². The van der Waals surface area contributed by atoms with E-state index in [0.29, 0.717) is 11.9 Å². The lowest BCUT2D eigenvalue weighted by molar-refractivity contribution is -0.135. The molecule has 1 heterocycles. The van der Waals surface area contributed by atoms with Gasteiger partial charge in [-0.25, -0.2) is 0 Å². The summed E-state index contributed by atoms with van der Waals surface area (Å²) in [5.74, 6) is 1.53. The summed E-state index contributed by atoms with van der Waals surface area (Å²) in [6.45, 7) is 6.47. The largest absolute Gasteiger partial charge is 0.375 e. The molecule has 6 nitrogen and oxygen atoms in total. The van der Waals surface area contributed by atoms with Gasteiger partial charge < -0.3 is 20.4 Å². The van der Waals surface area contributed by atoms with Crippen LogP contribution in [-0.2, 0) is 4.79 Å². The number of likely N-dealkylation sites (tertiary alicyclic amines) is 1. The molecule has 180 valence electrons. The lowest BCUT2D eigenvalue weighted by Gasteiger charge is -2.26. The van der Waals surface area contributed by atoms with Gasteiger partial charge >= 0.3 is 0 Å². The molecule has 1 amide bonds. The maximum atomic E-state index is 12.8. The first-order valence-corrected chi connectivity index (χ1v) is 12.3. The summed E-state index contributed by atoms with van der Waals surface area (Å²) in [6.07, 6.45) is 9.05. The van der Waals surface area contributed by atoms with Crippen molar-refractivity contribution in [1.82, 2.24) is 15.5 Å². The third kappa shape index (κ3) is 8.45. The van der Waals surface area contributed by atoms with Crippen molar-refractivity contribution in [2.75, 3.05) is 44.7 Å². The fraction of sp³-hybridized carbons (Fsp3) is 0.680. The number of nitrogens with zero attached hydrogens (tertiary/aromatic N) is 3. The number of guanidine groups is 1. The average Bonchev–Trinajstić information content (AvgIpc) is 3.28. The van der Waals surface area contributed by atoms with E-state index in [2.05, 4.69) is 64.7 Å². The van der Waals surface area contributed by atoms with Crippen LogP contribution in [-0.4, -0.2) is 62.6 Å². The highest BCUT2D eigenvalue weighted by Gasteiger charge is 2.31. The van der Waals surface area contributed by atoms with Crippen LogP contribution in [0.1, 0.15) is 58.3 Å². The second kappa shape index (κ2) is 14.6. The Morgan fingerprint density at radius 1 is 1.12 bits per heavy atom. The van der Waals surface area contributed by atoms with Crippen molar-refractivity contribution >= 4 is 41.5 Å². The van der Waals surface area contributed by atoms with Gasteiger partial charge in [0.1, 0.15) is 0 Å². The lowest BCUT2D eigenvalue weighted by atomic mass is 9.88. The number of carbonyl (C=O) groups is 1. The van der Waals surface area contributed by atoms with E-state index in [9.17, 15) is 4.79 Å². The number of halogens is 1. The number of hydrogen-bond acceptors (Lipinski definition) is 3. The second-order valence-electron chi connectivity index (χ2n) is 8.97. The Bertz CT molecular complexity index is 693. The lowest BCUT2D eigenvalue weighted by Crippen LogP contribution is -2.45. The van der Waals surface area contributed by atoms with Crippen LogP contribution in [0.2, 0.25) is 0 Å². The van der Waals surface area contributed by atoms with Gasteiger partial charge in [-0.3, -0.25) is 9.79 Å². The summed E-state index contributed by atoms with van der Waals surface area (Å²) < 4.78 is 0. The molecule has 0 radical (unpaired) electrons. The Morgan fingerprint density at radius 2 is 1.88 bits per heavy atom. The third-order valence-electron chi connectivity index (χ3n) is 6.51. The predicted molar refractivity (Wildman–Crippen MR) is 145 cm³/mol. The van der Waals surface area contributed by atoms with E-state index >= 15 is 0 Å². The highest BCUT2D eigenvalue weighted by molar-refractivity contribution is 14.0. The second-order valence-corrected chi connectivity index (χ2v) is 8.97. The maximum Gasteiger partial charge on any atom is 0.225 e. The molecule has 0 aromatic heterocycles. The van der Waals surface area contributed by atoms with Crippen molar-refractivity contribution in [3.05, 3.63) is 30.3 Å². The number of amides is 1. The van der Waals surface area contributed by atoms with E-state index in [4.69, 9.17) is 4.99 Å². The van der Waals surface area contributed by atoms with E-state index in [0.717, 1.165) is 70.8 Å². The molecule has 1 aliphatic heterocycles. The molecule has 1 saturated heterocycles. The number of unbranched alkanes of at least 4 members (excludes halogenated alkanes) is 1. The summed E-state index contributed by atoms with van der Waals surface area (Å²) in [6, 6.07) is 10.8. The van der Waals surface area contributed by atoms with Gasteiger partial charge in [-0.1, -0.05) is 37.5 Å². The molecule has 0 spiro atoms. The SMILES string of the molecule is CCNC(=NCCCCN(C)c1ccccc1)NC1CCN(C(=O)C2CCCCC2)C1.I. The highest BCUT2D eigenvalue weighted by Crippen LogP contribution is 2.26. The zero-order valence-electron chi connectivity index (χ0n) is 19.9. The number of aliphatic imine (C=N–C) groups is 1. The Kier molecular flexibility index (Phi) is 12.2. The van der Waals surface area contributed by atoms with E-state index in [1.807, 2.05) is 0 Å². The van der Waals surface area contributed by atoms with Crippen LogP contribution in [0.25, 0.3) is 0 Å². The topological polar surface area (TPSA) is 60.0 Å². The predicted octanol–water partition coefficient (Wildman–Crippen LogP) is 4.26. The van der Waals surface area contributed by atoms with Gasteiger partial charge in [-0.05, 0) is 51.2 Å². The first-order chi connectivity index (χ1) is 15.2. The molecule has 2 aliphatic rings. The smallest absolute Gasteiger partial charge is 0.225 e. The Labute approximate surface area is 211 Å². The zero-order valence-corrected chi connectivity index (χ0v) is 22.2. The highest BCUT2D eigenvalue weighted by atomic mass is 127. The molecular weight excluding hydrogens is 513 g/mol. The molecule has 2 fully saturated rings. The number of carbonyl (C=O) groups excluding carboxylic acids is 1. The summed E-state index contributed by atoms with van der Waals surface area (Å²) in [5.41, 5.74) is 1.26. The Balaban J connectivity index is 0.00000363. The van der Waals surface area contributed by atoms with Gasteiger partial charge in [0.25, 0.3) is 0 Å². The summed E-state index contributed by atoms with van der Waals surface area (Å²) in [5, 5.41) is 6.93. The van der Waals surface area contributed by atoms with Crippen molar-refractivity contribution < 1.29 is 4.79 Å². The molecule has 32 heavy (non-hydrogen) atoms. The molecular formula is C25H42IN5O. The minimum Gasteiger partial charge on any atom is -0.375 e. The van der Waals surface area contributed by atoms with Gasteiger partial charge in [-0.15, -0.1) is 24.0 Å². The Morgan fingerprint density at radius 3 is 2.59 bits per heavy atom. The van der Waals surface area contributed by atoms with E-state index < -0.39 is 0 Å². The van der Waals surface area contributed by atoms with Gasteiger partial charge in [-0.2, -0.15) is 0 Å². The van der Waals surface area contributed by atoms with Gasteiger partial charge in [0, 0.05) is 57.4 Å². The van der Waals surface area contributed by atoms with E-state index in [1.165, 1.54) is 24.9 Å². The normalized spacial score (nSPS) is 19.4. The molecule has 3 rings (SSSR count). The average molecular weight is 556 g/mol. The number of hydrogen-bond donors (Lipinski definition) is 2. The quantitative estimate of drug-likeness (QED) is 0.207. The summed E-state index contributed by atoms with van der Waals surface area (Å²) in [7, 11) is 2.14. The molecule has 1 atom stereocenters. The molecule has 1 aromatic carbocycles. The number of anilines is 1. The van der Waals surface area contributed by atoms with Crippen molar-refractivity contribution in [1.29, 1.82) is 0 Å². The van der Waals surface area contributed by atoms with Crippen LogP contribution in [0.15, 0.2) is 35.3 Å². The number of benzene rings is 1.